The predicted octanol–water partition coefficient (Wildman–Crippen LogP) is 0.841. The monoisotopic (exact) mass is 236 g/mol. The highest BCUT2D eigenvalue weighted by molar-refractivity contribution is 9.11. The van der Waals surface area contributed by atoms with Gasteiger partial charge in [0.15, 0.2) is 0 Å². The van der Waals surface area contributed by atoms with E-state index in [0.717, 1.165) is 4.48 Å². The van der Waals surface area contributed by atoms with Crippen molar-refractivity contribution < 1.29 is 9.53 Å². The van der Waals surface area contributed by atoms with Gasteiger partial charge >= 0.3 is 6.03 Å². The van der Waals surface area contributed by atoms with E-state index >= 15 is 0 Å². The summed E-state index contributed by atoms with van der Waals surface area (Å²) >= 11 is 3.12. The molecule has 0 fully saturated rings. The average molecular weight is 237 g/mol. The summed E-state index contributed by atoms with van der Waals surface area (Å²) in [7, 11) is 1.58. The van der Waals surface area contributed by atoms with Gasteiger partial charge in [0.05, 0.1) is 13.2 Å². The largest absolute Gasteiger partial charge is 0.383 e. The zero-order valence-corrected chi connectivity index (χ0v) is 8.61. The summed E-state index contributed by atoms with van der Waals surface area (Å²) in [6.07, 6.45) is 0. The Hall–Kier alpha value is -0.550. The number of rotatable bonds is 5. The van der Waals surface area contributed by atoms with Crippen molar-refractivity contribution in [1.82, 2.24) is 10.6 Å². The number of carbonyl (C=O) groups excluding carboxylic acids is 1. The van der Waals surface area contributed by atoms with E-state index in [2.05, 4.69) is 33.1 Å². The minimum atomic E-state index is -0.215. The van der Waals surface area contributed by atoms with Crippen LogP contribution in [-0.2, 0) is 4.74 Å². The van der Waals surface area contributed by atoms with Crippen LogP contribution in [0.1, 0.15) is 0 Å². The maximum atomic E-state index is 10.9. The Labute approximate surface area is 80.5 Å². The van der Waals surface area contributed by atoms with Gasteiger partial charge in [-0.3, -0.25) is 0 Å². The topological polar surface area (TPSA) is 50.4 Å². The number of halogens is 1. The van der Waals surface area contributed by atoms with Crippen LogP contribution in [0.25, 0.3) is 0 Å². The standard InChI is InChI=1S/C7H13BrN2O2/c1-6(8)5-10-7(11)9-3-4-12-2/h1,3-5H2,2H3,(H2,9,10,11). The quantitative estimate of drug-likeness (QED) is 0.696. The Kier molecular flexibility index (Phi) is 6.79. The number of carbonyl (C=O) groups is 1. The molecule has 0 saturated carbocycles. The fraction of sp³-hybridized carbons (Fsp3) is 0.571. The van der Waals surface area contributed by atoms with Crippen LogP contribution < -0.4 is 10.6 Å². The lowest BCUT2D eigenvalue weighted by atomic mass is 10.6. The second kappa shape index (κ2) is 7.12. The first-order valence-electron chi connectivity index (χ1n) is 3.50. The predicted molar refractivity (Wildman–Crippen MR) is 51.3 cm³/mol. The number of urea groups is 1. The summed E-state index contributed by atoms with van der Waals surface area (Å²) in [6, 6.07) is -0.215. The molecular formula is C7H13BrN2O2. The van der Waals surface area contributed by atoms with Gasteiger partial charge in [0, 0.05) is 18.1 Å². The smallest absolute Gasteiger partial charge is 0.315 e. The molecule has 0 saturated heterocycles. The van der Waals surface area contributed by atoms with Crippen molar-refractivity contribution in [1.29, 1.82) is 0 Å². The van der Waals surface area contributed by atoms with Crippen molar-refractivity contribution in [2.24, 2.45) is 0 Å². The van der Waals surface area contributed by atoms with E-state index in [1.165, 1.54) is 0 Å². The van der Waals surface area contributed by atoms with Crippen molar-refractivity contribution in [2.45, 2.75) is 0 Å². The molecule has 0 bridgehead atoms. The minimum Gasteiger partial charge on any atom is -0.383 e. The Morgan fingerprint density at radius 3 is 2.75 bits per heavy atom. The van der Waals surface area contributed by atoms with Gasteiger partial charge in [-0.05, 0) is 0 Å². The van der Waals surface area contributed by atoms with Crippen molar-refractivity contribution in [3.05, 3.63) is 11.1 Å². The molecule has 2 amide bonds. The molecule has 0 aromatic heterocycles. The summed E-state index contributed by atoms with van der Waals surface area (Å²) in [5, 5.41) is 5.19. The van der Waals surface area contributed by atoms with Gasteiger partial charge in [-0.2, -0.15) is 0 Å². The third kappa shape index (κ3) is 7.56. The molecule has 0 atom stereocenters. The maximum absolute atomic E-state index is 10.9. The Morgan fingerprint density at radius 1 is 1.58 bits per heavy atom. The zero-order valence-electron chi connectivity index (χ0n) is 7.02. The van der Waals surface area contributed by atoms with E-state index < -0.39 is 0 Å². The highest BCUT2D eigenvalue weighted by atomic mass is 79.9. The molecule has 5 heteroatoms. The fourth-order valence-corrected chi connectivity index (χ4v) is 0.645. The maximum Gasteiger partial charge on any atom is 0.315 e. The number of hydrogen-bond donors (Lipinski definition) is 2. The molecule has 0 aliphatic heterocycles. The molecule has 70 valence electrons. The second-order valence-corrected chi connectivity index (χ2v) is 3.24. The van der Waals surface area contributed by atoms with Crippen LogP contribution in [-0.4, -0.2) is 32.8 Å². The molecule has 0 heterocycles. The van der Waals surface area contributed by atoms with E-state index in [-0.39, 0.29) is 6.03 Å². The molecule has 12 heavy (non-hydrogen) atoms. The highest BCUT2D eigenvalue weighted by Crippen LogP contribution is 1.95. The van der Waals surface area contributed by atoms with Crippen LogP contribution in [0.4, 0.5) is 4.79 Å². The number of methoxy groups -OCH3 is 1. The van der Waals surface area contributed by atoms with Crippen LogP contribution >= 0.6 is 15.9 Å². The van der Waals surface area contributed by atoms with Gasteiger partial charge in [-0.1, -0.05) is 22.5 Å². The van der Waals surface area contributed by atoms with Crippen molar-refractivity contribution in [3.63, 3.8) is 0 Å². The Morgan fingerprint density at radius 2 is 2.25 bits per heavy atom. The van der Waals surface area contributed by atoms with Gasteiger partial charge in [0.25, 0.3) is 0 Å². The molecule has 0 rings (SSSR count). The number of nitrogens with one attached hydrogen (secondary N) is 2. The van der Waals surface area contributed by atoms with E-state index in [9.17, 15) is 4.79 Å². The van der Waals surface area contributed by atoms with Gasteiger partial charge in [-0.25, -0.2) is 4.79 Å². The third-order valence-electron chi connectivity index (χ3n) is 1.03. The first kappa shape index (κ1) is 11.4. The van der Waals surface area contributed by atoms with Gasteiger partial charge in [0.1, 0.15) is 0 Å². The van der Waals surface area contributed by atoms with E-state index in [4.69, 9.17) is 4.74 Å². The highest BCUT2D eigenvalue weighted by Gasteiger charge is 1.97. The normalized spacial score (nSPS) is 9.17. The zero-order chi connectivity index (χ0) is 9.40. The molecule has 0 aromatic rings. The lowest BCUT2D eigenvalue weighted by Gasteiger charge is -2.05. The van der Waals surface area contributed by atoms with Crippen LogP contribution in [0, 0.1) is 0 Å². The van der Waals surface area contributed by atoms with Gasteiger partial charge < -0.3 is 15.4 Å². The summed E-state index contributed by atoms with van der Waals surface area (Å²) in [5.41, 5.74) is 0. The summed E-state index contributed by atoms with van der Waals surface area (Å²) in [5.74, 6) is 0. The first-order valence-corrected chi connectivity index (χ1v) is 4.30. The molecule has 0 aliphatic rings. The molecule has 0 unspecified atom stereocenters. The fourth-order valence-electron chi connectivity index (χ4n) is 0.505. The van der Waals surface area contributed by atoms with Crippen molar-refractivity contribution >= 4 is 22.0 Å². The molecular weight excluding hydrogens is 224 g/mol. The molecule has 2 N–H and O–H groups in total. The summed E-state index contributed by atoms with van der Waals surface area (Å²) in [4.78, 5) is 10.9. The van der Waals surface area contributed by atoms with E-state index in [1.54, 1.807) is 7.11 Å². The van der Waals surface area contributed by atoms with E-state index in [1.807, 2.05) is 0 Å². The minimum absolute atomic E-state index is 0.215. The number of ether oxygens (including phenoxy) is 1. The molecule has 0 aromatic carbocycles. The van der Waals surface area contributed by atoms with Gasteiger partial charge in [0.2, 0.25) is 0 Å². The van der Waals surface area contributed by atoms with Gasteiger partial charge in [-0.15, -0.1) is 0 Å². The van der Waals surface area contributed by atoms with Crippen LogP contribution in [0.2, 0.25) is 0 Å². The molecule has 0 aliphatic carbocycles. The van der Waals surface area contributed by atoms with Crippen LogP contribution in [0.3, 0.4) is 0 Å². The lowest BCUT2D eigenvalue weighted by molar-refractivity contribution is 0.196. The average Bonchev–Trinajstić information content (AvgIpc) is 2.01. The van der Waals surface area contributed by atoms with Crippen LogP contribution in [0.15, 0.2) is 11.1 Å². The Balaban J connectivity index is 3.28. The third-order valence-corrected chi connectivity index (χ3v) is 1.31. The first-order chi connectivity index (χ1) is 5.66. The van der Waals surface area contributed by atoms with Crippen LogP contribution in [0.5, 0.6) is 0 Å². The number of hydrogen-bond acceptors (Lipinski definition) is 2. The Bertz CT molecular complexity index is 161. The molecule has 0 spiro atoms. The summed E-state index contributed by atoms with van der Waals surface area (Å²) < 4.78 is 5.49. The second-order valence-electron chi connectivity index (χ2n) is 2.12. The van der Waals surface area contributed by atoms with Crippen molar-refractivity contribution in [3.8, 4) is 0 Å². The summed E-state index contributed by atoms with van der Waals surface area (Å²) in [6.45, 7) is 5.03. The van der Waals surface area contributed by atoms with E-state index in [0.29, 0.717) is 19.7 Å². The molecule has 4 nitrogen and oxygen atoms in total. The lowest BCUT2D eigenvalue weighted by Crippen LogP contribution is -2.37. The number of amides is 2. The van der Waals surface area contributed by atoms with Crippen molar-refractivity contribution in [2.75, 3.05) is 26.8 Å². The molecule has 0 radical (unpaired) electrons. The SMILES string of the molecule is C=C(Br)CNC(=O)NCCOC.